The van der Waals surface area contributed by atoms with Crippen molar-refractivity contribution in [1.29, 1.82) is 0 Å². The Morgan fingerprint density at radius 1 is 1.00 bits per heavy atom. The number of nitrogens with zero attached hydrogens (tertiary/aromatic N) is 2. The van der Waals surface area contributed by atoms with E-state index in [1.165, 1.54) is 0 Å². The lowest BCUT2D eigenvalue weighted by molar-refractivity contribution is -0.0364. The smallest absolute Gasteiger partial charge is 0.337 e. The summed E-state index contributed by atoms with van der Waals surface area (Å²) in [6, 6.07) is 0. The Morgan fingerprint density at radius 3 is 1.85 bits per heavy atom. The average molecular weight is 306 g/mol. The Balaban J connectivity index is 2.58. The fourth-order valence-electron chi connectivity index (χ4n) is 1.65. The molecule has 0 unspecified atom stereocenters. The van der Waals surface area contributed by atoms with E-state index in [1.54, 1.807) is 0 Å². The van der Waals surface area contributed by atoms with E-state index >= 15 is 0 Å². The summed E-state index contributed by atoms with van der Waals surface area (Å²) in [5, 5.41) is 0. The molecule has 0 saturated heterocycles. The maximum Gasteiger partial charge on any atom is 0.478 e. The van der Waals surface area contributed by atoms with E-state index in [9.17, 15) is 4.57 Å². The van der Waals surface area contributed by atoms with Gasteiger partial charge in [-0.25, -0.2) is 9.09 Å². The lowest BCUT2D eigenvalue weighted by Crippen LogP contribution is -2.36. The van der Waals surface area contributed by atoms with Crippen molar-refractivity contribution in [3.05, 3.63) is 12.4 Å². The molecule has 1 heterocycles. The molecule has 0 N–H and O–H groups in total. The van der Waals surface area contributed by atoms with Crippen LogP contribution in [0.25, 0.3) is 0 Å². The molecule has 7 heteroatoms. The third kappa shape index (κ3) is 5.44. The Morgan fingerprint density at radius 2 is 1.45 bits per heavy atom. The van der Waals surface area contributed by atoms with Crippen molar-refractivity contribution in [3.63, 3.8) is 0 Å². The summed E-state index contributed by atoms with van der Waals surface area (Å²) < 4.78 is 29.1. The molecular weight excluding hydrogens is 279 g/mol. The van der Waals surface area contributed by atoms with Crippen molar-refractivity contribution in [1.82, 2.24) is 9.80 Å². The molecule has 0 amide bonds. The molecular formula is C13H27N2O4P. The van der Waals surface area contributed by atoms with Crippen LogP contribution in [0.1, 0.15) is 39.5 Å². The normalized spacial score (nSPS) is 16.4. The van der Waals surface area contributed by atoms with Gasteiger partial charge in [-0.3, -0.25) is 9.05 Å². The molecule has 0 atom stereocenters. The highest BCUT2D eigenvalue weighted by atomic mass is 31.2. The Hall–Kier alpha value is -0.550. The van der Waals surface area contributed by atoms with E-state index in [1.807, 2.05) is 36.3 Å². The summed E-state index contributed by atoms with van der Waals surface area (Å²) in [6.07, 6.45) is 6.86. The number of hydrogen-bond acceptors (Lipinski definition) is 6. The quantitative estimate of drug-likeness (QED) is 0.455. The second-order valence-electron chi connectivity index (χ2n) is 4.88. The van der Waals surface area contributed by atoms with Crippen LogP contribution in [-0.2, 0) is 18.1 Å². The van der Waals surface area contributed by atoms with Gasteiger partial charge >= 0.3 is 7.82 Å². The molecule has 0 aromatic heterocycles. The van der Waals surface area contributed by atoms with Crippen LogP contribution in [0.2, 0.25) is 0 Å². The molecule has 6 nitrogen and oxygen atoms in total. The molecule has 20 heavy (non-hydrogen) atoms. The largest absolute Gasteiger partial charge is 0.478 e. The minimum Gasteiger partial charge on any atom is -0.337 e. The molecule has 0 radical (unpaired) electrons. The summed E-state index contributed by atoms with van der Waals surface area (Å²) in [6.45, 7) is 4.87. The van der Waals surface area contributed by atoms with Crippen molar-refractivity contribution in [2.75, 3.05) is 27.3 Å². The topological polar surface area (TPSA) is 51.2 Å². The molecule has 1 aliphatic heterocycles. The van der Waals surface area contributed by atoms with Gasteiger partial charge in [-0.15, -0.1) is 0 Å². The highest BCUT2D eigenvalue weighted by molar-refractivity contribution is 7.48. The summed E-state index contributed by atoms with van der Waals surface area (Å²) in [7, 11) is 0.183. The third-order valence-corrected chi connectivity index (χ3v) is 4.40. The molecule has 118 valence electrons. The van der Waals surface area contributed by atoms with Gasteiger partial charge in [-0.2, -0.15) is 0 Å². The monoisotopic (exact) mass is 306 g/mol. The fourth-order valence-corrected chi connectivity index (χ4v) is 3.08. The van der Waals surface area contributed by atoms with Gasteiger partial charge in [0.25, 0.3) is 0 Å². The first-order valence-electron chi connectivity index (χ1n) is 7.22. The molecule has 0 aliphatic carbocycles. The lowest BCUT2D eigenvalue weighted by atomic mass is 10.4. The molecule has 1 rings (SSSR count). The summed E-state index contributed by atoms with van der Waals surface area (Å²) in [5.41, 5.74) is 0. The summed E-state index contributed by atoms with van der Waals surface area (Å²) in [4.78, 5) is 3.64. The van der Waals surface area contributed by atoms with Crippen LogP contribution in [-0.4, -0.2) is 43.5 Å². The van der Waals surface area contributed by atoms with Gasteiger partial charge in [0.2, 0.25) is 6.35 Å². The van der Waals surface area contributed by atoms with Gasteiger partial charge in [-0.1, -0.05) is 26.7 Å². The second kappa shape index (κ2) is 8.67. The summed E-state index contributed by atoms with van der Waals surface area (Å²) >= 11 is 0. The van der Waals surface area contributed by atoms with Crippen LogP contribution in [0.3, 0.4) is 0 Å². The predicted octanol–water partition coefficient (Wildman–Crippen LogP) is 3.38. The minimum absolute atomic E-state index is 0.382. The molecule has 0 aromatic carbocycles. The molecule has 0 aromatic rings. The van der Waals surface area contributed by atoms with Crippen LogP contribution in [0, 0.1) is 0 Å². The fraction of sp³-hybridized carbons (Fsp3) is 0.846. The van der Waals surface area contributed by atoms with Crippen molar-refractivity contribution >= 4 is 7.82 Å². The van der Waals surface area contributed by atoms with E-state index in [-0.39, 0.29) is 0 Å². The molecule has 1 aliphatic rings. The molecule has 0 spiro atoms. The van der Waals surface area contributed by atoms with Gasteiger partial charge in [0.15, 0.2) is 0 Å². The van der Waals surface area contributed by atoms with Crippen molar-refractivity contribution in [2.24, 2.45) is 0 Å². The first-order valence-corrected chi connectivity index (χ1v) is 8.68. The van der Waals surface area contributed by atoms with Crippen LogP contribution in [0.5, 0.6) is 0 Å². The van der Waals surface area contributed by atoms with E-state index in [0.717, 1.165) is 25.7 Å². The zero-order chi connectivity index (χ0) is 15.0. The van der Waals surface area contributed by atoms with Crippen molar-refractivity contribution in [3.8, 4) is 0 Å². The predicted molar refractivity (Wildman–Crippen MR) is 78.9 cm³/mol. The number of phosphoric acid groups is 1. The van der Waals surface area contributed by atoms with Gasteiger partial charge in [0, 0.05) is 26.5 Å². The van der Waals surface area contributed by atoms with E-state index in [4.69, 9.17) is 13.6 Å². The Kier molecular flexibility index (Phi) is 7.59. The zero-order valence-electron chi connectivity index (χ0n) is 12.9. The Labute approximate surface area is 122 Å². The number of rotatable bonds is 10. The van der Waals surface area contributed by atoms with Crippen LogP contribution in [0.15, 0.2) is 12.4 Å². The van der Waals surface area contributed by atoms with Crippen LogP contribution in [0.4, 0.5) is 0 Å². The second-order valence-corrected chi connectivity index (χ2v) is 6.50. The third-order valence-electron chi connectivity index (χ3n) is 2.95. The highest BCUT2D eigenvalue weighted by Crippen LogP contribution is 2.51. The number of phosphoric ester groups is 1. The Bertz CT molecular complexity index is 325. The van der Waals surface area contributed by atoms with E-state index in [0.29, 0.717) is 13.2 Å². The lowest BCUT2D eigenvalue weighted by Gasteiger charge is -2.30. The SMILES string of the molecule is CCCCOP(=O)(OCCCC)OC1N(C)C=CN1C. The van der Waals surface area contributed by atoms with Gasteiger partial charge < -0.3 is 9.80 Å². The van der Waals surface area contributed by atoms with E-state index < -0.39 is 14.2 Å². The van der Waals surface area contributed by atoms with E-state index in [2.05, 4.69) is 13.8 Å². The van der Waals surface area contributed by atoms with Gasteiger partial charge in [0.05, 0.1) is 13.2 Å². The van der Waals surface area contributed by atoms with Crippen molar-refractivity contribution in [2.45, 2.75) is 45.9 Å². The van der Waals surface area contributed by atoms with Gasteiger partial charge in [0.1, 0.15) is 0 Å². The van der Waals surface area contributed by atoms with Gasteiger partial charge in [-0.05, 0) is 12.8 Å². The van der Waals surface area contributed by atoms with Crippen molar-refractivity contribution < 1.29 is 18.1 Å². The highest BCUT2D eigenvalue weighted by Gasteiger charge is 2.35. The zero-order valence-corrected chi connectivity index (χ0v) is 13.8. The summed E-state index contributed by atoms with van der Waals surface area (Å²) in [5.74, 6) is 0. The van der Waals surface area contributed by atoms with Crippen LogP contribution < -0.4 is 0 Å². The maximum absolute atomic E-state index is 12.7. The number of hydrogen-bond donors (Lipinski definition) is 0. The average Bonchev–Trinajstić information content (AvgIpc) is 2.71. The molecule has 0 fully saturated rings. The standard InChI is InChI=1S/C13H27N2O4P/c1-5-7-11-17-20(16,18-12-8-6-2)19-13-14(3)9-10-15(13)4/h9-10,13H,5-8,11-12H2,1-4H3. The first kappa shape index (κ1) is 17.5. The molecule has 0 saturated carbocycles. The first-order chi connectivity index (χ1) is 9.52. The number of unbranched alkanes of at least 4 members (excludes halogenated alkanes) is 2. The van der Waals surface area contributed by atoms with Crippen LogP contribution >= 0.6 is 7.82 Å². The molecule has 0 bridgehead atoms. The maximum atomic E-state index is 12.7. The minimum atomic E-state index is -3.53.